The maximum absolute atomic E-state index is 12.9. The van der Waals surface area contributed by atoms with Crippen molar-refractivity contribution in [3.8, 4) is 0 Å². The van der Waals surface area contributed by atoms with Crippen LogP contribution in [0.1, 0.15) is 52.5 Å². The number of nitrogens with one attached hydrogen (secondary N) is 1. The fraction of sp³-hybridized carbons (Fsp3) is 0.400. The van der Waals surface area contributed by atoms with Crippen molar-refractivity contribution in [2.75, 3.05) is 6.54 Å². The molecule has 0 spiro atoms. The van der Waals surface area contributed by atoms with Crippen molar-refractivity contribution in [3.63, 3.8) is 0 Å². The van der Waals surface area contributed by atoms with Gasteiger partial charge in [-0.15, -0.1) is 11.3 Å². The molecule has 25 heavy (non-hydrogen) atoms. The summed E-state index contributed by atoms with van der Waals surface area (Å²) in [6.07, 6.45) is 4.77. The Labute approximate surface area is 151 Å². The fourth-order valence-corrected chi connectivity index (χ4v) is 4.67. The number of carbonyl (C=O) groups excluding carboxylic acids is 2. The molecule has 2 aromatic rings. The molecule has 0 radical (unpaired) electrons. The van der Waals surface area contributed by atoms with Gasteiger partial charge in [-0.2, -0.15) is 0 Å². The van der Waals surface area contributed by atoms with Crippen molar-refractivity contribution in [1.82, 2.24) is 10.2 Å². The second kappa shape index (κ2) is 7.00. The van der Waals surface area contributed by atoms with E-state index in [9.17, 15) is 9.59 Å². The van der Waals surface area contributed by atoms with Crippen LogP contribution >= 0.6 is 11.3 Å². The second-order valence-corrected chi connectivity index (χ2v) is 7.73. The molecule has 1 saturated heterocycles. The summed E-state index contributed by atoms with van der Waals surface area (Å²) in [5.41, 5.74) is 2.56. The number of nitrogens with zero attached hydrogens (tertiary/aromatic N) is 1. The maximum atomic E-state index is 12.9. The number of benzene rings is 1. The molecule has 2 atom stereocenters. The van der Waals surface area contributed by atoms with Crippen LogP contribution in [0.5, 0.6) is 0 Å². The van der Waals surface area contributed by atoms with Gasteiger partial charge in [-0.3, -0.25) is 9.59 Å². The summed E-state index contributed by atoms with van der Waals surface area (Å²) in [5, 5.41) is 5.12. The minimum atomic E-state index is -0.344. The Bertz CT molecular complexity index is 772. The summed E-state index contributed by atoms with van der Waals surface area (Å²) in [6, 6.07) is 11.8. The van der Waals surface area contributed by atoms with E-state index in [2.05, 4.69) is 23.5 Å². The second-order valence-electron chi connectivity index (χ2n) is 6.79. The molecule has 1 fully saturated rings. The van der Waals surface area contributed by atoms with E-state index in [1.807, 2.05) is 23.6 Å². The minimum Gasteiger partial charge on any atom is -0.347 e. The zero-order valence-corrected chi connectivity index (χ0v) is 14.9. The average Bonchev–Trinajstić information content (AvgIpc) is 3.33. The van der Waals surface area contributed by atoms with Crippen molar-refractivity contribution >= 4 is 23.2 Å². The molecule has 1 aromatic heterocycles. The SMILES string of the molecule is O=C(NC1CCCc2ccccc21)[C@@H]1CCCN1C(=O)c1cccs1. The molecule has 4 rings (SSSR count). The van der Waals surface area contributed by atoms with Crippen LogP contribution in [-0.2, 0) is 11.2 Å². The highest BCUT2D eigenvalue weighted by molar-refractivity contribution is 7.12. The molecule has 0 saturated carbocycles. The van der Waals surface area contributed by atoms with Crippen LogP contribution in [0.15, 0.2) is 41.8 Å². The number of carbonyl (C=O) groups is 2. The highest BCUT2D eigenvalue weighted by atomic mass is 32.1. The molecule has 2 aliphatic rings. The minimum absolute atomic E-state index is 0.0101. The van der Waals surface area contributed by atoms with Crippen LogP contribution in [0.3, 0.4) is 0 Å². The summed E-state index contributed by atoms with van der Waals surface area (Å²) < 4.78 is 0. The normalized spacial score (nSPS) is 22.5. The number of hydrogen-bond acceptors (Lipinski definition) is 3. The predicted molar refractivity (Wildman–Crippen MR) is 98.6 cm³/mol. The highest BCUT2D eigenvalue weighted by Crippen LogP contribution is 2.30. The average molecular weight is 354 g/mol. The Kier molecular flexibility index (Phi) is 4.57. The van der Waals surface area contributed by atoms with Gasteiger partial charge in [0.15, 0.2) is 0 Å². The summed E-state index contributed by atoms with van der Waals surface area (Å²) in [6.45, 7) is 0.663. The van der Waals surface area contributed by atoms with Crippen molar-refractivity contribution in [3.05, 3.63) is 57.8 Å². The van der Waals surface area contributed by atoms with Crippen LogP contribution in [-0.4, -0.2) is 29.3 Å². The van der Waals surface area contributed by atoms with Gasteiger partial charge < -0.3 is 10.2 Å². The quantitative estimate of drug-likeness (QED) is 0.916. The topological polar surface area (TPSA) is 49.4 Å². The van der Waals surface area contributed by atoms with E-state index in [0.29, 0.717) is 11.4 Å². The lowest BCUT2D eigenvalue weighted by atomic mass is 9.87. The third kappa shape index (κ3) is 3.21. The Balaban J connectivity index is 1.49. The molecule has 1 aliphatic heterocycles. The van der Waals surface area contributed by atoms with Gasteiger partial charge in [0.05, 0.1) is 10.9 Å². The van der Waals surface area contributed by atoms with Crippen LogP contribution in [0, 0.1) is 0 Å². The van der Waals surface area contributed by atoms with E-state index < -0.39 is 0 Å². The first-order chi connectivity index (χ1) is 12.2. The molecule has 5 heteroatoms. The number of hydrogen-bond donors (Lipinski definition) is 1. The van der Waals surface area contributed by atoms with Gasteiger partial charge in [0.1, 0.15) is 6.04 Å². The molecular weight excluding hydrogens is 332 g/mol. The van der Waals surface area contributed by atoms with Gasteiger partial charge in [-0.05, 0) is 54.7 Å². The highest BCUT2D eigenvalue weighted by Gasteiger charge is 2.36. The molecule has 2 amide bonds. The van der Waals surface area contributed by atoms with Crippen molar-refractivity contribution < 1.29 is 9.59 Å². The van der Waals surface area contributed by atoms with Crippen molar-refractivity contribution in [1.29, 1.82) is 0 Å². The van der Waals surface area contributed by atoms with E-state index in [-0.39, 0.29) is 23.9 Å². The van der Waals surface area contributed by atoms with Crippen LogP contribution in [0.2, 0.25) is 0 Å². The third-order valence-electron chi connectivity index (χ3n) is 5.23. The number of rotatable bonds is 3. The number of fused-ring (bicyclic) bond motifs is 1. The molecular formula is C20H22N2O2S. The summed E-state index contributed by atoms with van der Waals surface area (Å²) in [7, 11) is 0. The summed E-state index contributed by atoms with van der Waals surface area (Å²) >= 11 is 1.44. The van der Waals surface area contributed by atoms with Gasteiger partial charge in [-0.25, -0.2) is 0 Å². The number of aryl methyl sites for hydroxylation is 1. The number of amides is 2. The van der Waals surface area contributed by atoms with E-state index in [0.717, 1.165) is 32.1 Å². The fourth-order valence-electron chi connectivity index (χ4n) is 4.00. The molecule has 130 valence electrons. The van der Waals surface area contributed by atoms with Crippen LogP contribution in [0.4, 0.5) is 0 Å². The molecule has 1 N–H and O–H groups in total. The first-order valence-corrected chi connectivity index (χ1v) is 9.84. The largest absolute Gasteiger partial charge is 0.347 e. The third-order valence-corrected chi connectivity index (χ3v) is 6.09. The number of likely N-dealkylation sites (tertiary alicyclic amines) is 1. The van der Waals surface area contributed by atoms with E-state index in [1.165, 1.54) is 22.5 Å². The van der Waals surface area contributed by atoms with E-state index in [4.69, 9.17) is 0 Å². The Hall–Kier alpha value is -2.14. The summed E-state index contributed by atoms with van der Waals surface area (Å²) in [5.74, 6) is -0.0270. The lowest BCUT2D eigenvalue weighted by Crippen LogP contribution is -2.47. The zero-order valence-electron chi connectivity index (χ0n) is 14.1. The van der Waals surface area contributed by atoms with Gasteiger partial charge in [0, 0.05) is 6.54 Å². The summed E-state index contributed by atoms with van der Waals surface area (Å²) in [4.78, 5) is 28.0. The molecule has 1 aliphatic carbocycles. The monoisotopic (exact) mass is 354 g/mol. The van der Waals surface area contributed by atoms with Gasteiger partial charge in [0.25, 0.3) is 5.91 Å². The Morgan fingerprint density at radius 3 is 2.80 bits per heavy atom. The van der Waals surface area contributed by atoms with E-state index in [1.54, 1.807) is 4.90 Å². The lowest BCUT2D eigenvalue weighted by Gasteiger charge is -2.29. The number of thiophene rings is 1. The Morgan fingerprint density at radius 2 is 1.96 bits per heavy atom. The first-order valence-electron chi connectivity index (χ1n) is 8.96. The molecule has 4 nitrogen and oxygen atoms in total. The van der Waals surface area contributed by atoms with Crippen molar-refractivity contribution in [2.45, 2.75) is 44.2 Å². The smallest absolute Gasteiger partial charge is 0.264 e. The molecule has 1 aromatic carbocycles. The maximum Gasteiger partial charge on any atom is 0.264 e. The van der Waals surface area contributed by atoms with Gasteiger partial charge >= 0.3 is 0 Å². The van der Waals surface area contributed by atoms with Gasteiger partial charge in [-0.1, -0.05) is 30.3 Å². The van der Waals surface area contributed by atoms with Crippen LogP contribution in [0.25, 0.3) is 0 Å². The molecule has 0 bridgehead atoms. The van der Waals surface area contributed by atoms with Crippen molar-refractivity contribution in [2.24, 2.45) is 0 Å². The molecule has 1 unspecified atom stereocenters. The zero-order chi connectivity index (χ0) is 17.2. The Morgan fingerprint density at radius 1 is 1.08 bits per heavy atom. The van der Waals surface area contributed by atoms with E-state index >= 15 is 0 Å². The predicted octanol–water partition coefficient (Wildman–Crippen LogP) is 3.55. The van der Waals surface area contributed by atoms with Crippen LogP contribution < -0.4 is 5.32 Å². The molecule has 2 heterocycles. The standard InChI is InChI=1S/C20H22N2O2S/c23-19(21-16-9-3-7-14-6-1-2-8-15(14)16)17-10-4-12-22(17)20(24)18-11-5-13-25-18/h1-2,5-6,8,11,13,16-17H,3-4,7,9-10,12H2,(H,21,23)/t16?,17-/m0/s1. The lowest BCUT2D eigenvalue weighted by molar-refractivity contribution is -0.125. The van der Waals surface area contributed by atoms with Gasteiger partial charge in [0.2, 0.25) is 5.91 Å². The first kappa shape index (κ1) is 16.3.